The fourth-order valence-electron chi connectivity index (χ4n) is 8.52. The van der Waals surface area contributed by atoms with E-state index in [4.69, 9.17) is 29.8 Å². The summed E-state index contributed by atoms with van der Waals surface area (Å²) in [7, 11) is 3.00. The number of fused-ring (bicyclic) bond motifs is 8. The lowest BCUT2D eigenvalue weighted by Crippen LogP contribution is -2.51. The first-order valence-electron chi connectivity index (χ1n) is 20.4. The van der Waals surface area contributed by atoms with E-state index in [0.717, 1.165) is 28.9 Å². The van der Waals surface area contributed by atoms with Crippen LogP contribution in [0.2, 0.25) is 0 Å². The molecule has 62 heavy (non-hydrogen) atoms. The van der Waals surface area contributed by atoms with Crippen molar-refractivity contribution in [3.8, 4) is 23.0 Å². The van der Waals surface area contributed by atoms with E-state index in [9.17, 15) is 19.2 Å². The molecule has 6 N–H and O–H groups in total. The van der Waals surface area contributed by atoms with Gasteiger partial charge in [0.2, 0.25) is 11.8 Å². The van der Waals surface area contributed by atoms with Gasteiger partial charge in [-0.2, -0.15) is 0 Å². The van der Waals surface area contributed by atoms with Gasteiger partial charge in [0.1, 0.15) is 18.8 Å². The summed E-state index contributed by atoms with van der Waals surface area (Å²) in [6.07, 6.45) is 5.83. The highest BCUT2D eigenvalue weighted by molar-refractivity contribution is 6.15. The van der Waals surface area contributed by atoms with Crippen molar-refractivity contribution in [2.45, 2.75) is 57.0 Å². The minimum atomic E-state index is -0.904. The van der Waals surface area contributed by atoms with E-state index >= 15 is 0 Å². The van der Waals surface area contributed by atoms with E-state index < -0.39 is 30.0 Å². The minimum Gasteiger partial charge on any atom is -0.493 e. The molecule has 5 aliphatic rings. The van der Waals surface area contributed by atoms with Crippen molar-refractivity contribution in [1.29, 1.82) is 0 Å². The van der Waals surface area contributed by atoms with Gasteiger partial charge in [-0.25, -0.2) is 5.43 Å². The zero-order valence-corrected chi connectivity index (χ0v) is 34.6. The second-order valence-corrected chi connectivity index (χ2v) is 15.7. The van der Waals surface area contributed by atoms with E-state index in [2.05, 4.69) is 21.4 Å². The predicted molar refractivity (Wildman–Crippen MR) is 233 cm³/mol. The Bertz CT molecular complexity index is 2610. The Morgan fingerprint density at radius 2 is 1.52 bits per heavy atom. The van der Waals surface area contributed by atoms with Crippen LogP contribution in [0.4, 0.5) is 22.7 Å². The van der Waals surface area contributed by atoms with Gasteiger partial charge in [-0.15, -0.1) is 0 Å². The van der Waals surface area contributed by atoms with Gasteiger partial charge in [-0.1, -0.05) is 36.4 Å². The Morgan fingerprint density at radius 3 is 2.26 bits per heavy atom. The second-order valence-electron chi connectivity index (χ2n) is 15.7. The van der Waals surface area contributed by atoms with Crippen LogP contribution in [0.25, 0.3) is 0 Å². The number of nitrogens with two attached hydrogens (primary N) is 1. The molecule has 0 saturated carbocycles. The Hall–Kier alpha value is -7.17. The second kappa shape index (κ2) is 16.4. The molecule has 318 valence electrons. The number of hydrazine groups is 1. The van der Waals surface area contributed by atoms with Crippen LogP contribution in [0.5, 0.6) is 23.0 Å². The third-order valence-electron chi connectivity index (χ3n) is 11.8. The van der Waals surface area contributed by atoms with Crippen LogP contribution in [0.1, 0.15) is 45.7 Å². The van der Waals surface area contributed by atoms with Gasteiger partial charge < -0.3 is 39.8 Å². The van der Waals surface area contributed by atoms with Crippen LogP contribution in [0, 0.1) is 0 Å². The molecular formula is C46H46N8O8. The number of allylic oxidation sites excluding steroid dienone is 1. The maximum atomic E-state index is 14.1. The molecule has 0 saturated heterocycles. The lowest BCUT2D eigenvalue weighted by molar-refractivity contribution is -0.129. The summed E-state index contributed by atoms with van der Waals surface area (Å²) in [5, 5.41) is 8.98. The van der Waals surface area contributed by atoms with Crippen LogP contribution in [-0.2, 0) is 22.4 Å². The van der Waals surface area contributed by atoms with Gasteiger partial charge in [0.15, 0.2) is 23.0 Å². The molecule has 0 radical (unpaired) electrons. The standard InChI is InChI=1S/C46H46N8O8/c1-24(50-44(56)25(2)52-47)43(55)51-29-13-28(23-61-41-19-34-32(17-39(41)59-3)45(57)53-30(21-48-34)14-26-9-5-7-11-36(26)53)38(16-29)62-42-20-35-33(18-40(42)60-4)46(58)54-31(22-49-35)15-27-10-6-8-12-37(27)54/h5-13,16-21,24-25,30-31,38,49,52H,14-15,22-23,47H2,1-4H3,(H,50,56)(H,51,55)/t24-,25+,30-,31-,38?/m0/s1. The van der Waals surface area contributed by atoms with Crippen molar-refractivity contribution >= 4 is 52.6 Å². The molecule has 4 aromatic rings. The molecular weight excluding hydrogens is 793 g/mol. The van der Waals surface area contributed by atoms with E-state index in [1.807, 2.05) is 53.4 Å². The number of ether oxygens (including phenoxy) is 4. The number of amides is 4. The number of aliphatic imine (C=N–C) groups is 1. The van der Waals surface area contributed by atoms with Crippen LogP contribution in [-0.4, -0.2) is 87.5 Å². The van der Waals surface area contributed by atoms with E-state index in [1.165, 1.54) is 14.2 Å². The van der Waals surface area contributed by atoms with Crippen LogP contribution in [0.15, 0.2) is 101 Å². The van der Waals surface area contributed by atoms with Gasteiger partial charge in [-0.05, 0) is 67.8 Å². The van der Waals surface area contributed by atoms with Gasteiger partial charge in [-0.3, -0.25) is 34.9 Å². The van der Waals surface area contributed by atoms with Gasteiger partial charge >= 0.3 is 0 Å². The Balaban J connectivity index is 0.995. The van der Waals surface area contributed by atoms with E-state index in [1.54, 1.807) is 61.4 Å². The van der Waals surface area contributed by atoms with Crippen LogP contribution >= 0.6 is 0 Å². The smallest absolute Gasteiger partial charge is 0.261 e. The first-order chi connectivity index (χ1) is 30.0. The Morgan fingerprint density at radius 1 is 0.839 bits per heavy atom. The van der Waals surface area contributed by atoms with Crippen molar-refractivity contribution in [2.75, 3.05) is 42.5 Å². The van der Waals surface area contributed by atoms with Gasteiger partial charge in [0, 0.05) is 54.0 Å². The lowest BCUT2D eigenvalue weighted by atomic mass is 10.1. The summed E-state index contributed by atoms with van der Waals surface area (Å²) in [5.41, 5.74) is 9.17. The highest BCUT2D eigenvalue weighted by Gasteiger charge is 2.39. The zero-order valence-electron chi connectivity index (χ0n) is 34.6. The number of anilines is 3. The fraction of sp³-hybridized carbons (Fsp3) is 0.283. The molecule has 0 spiro atoms. The quantitative estimate of drug-likeness (QED) is 0.102. The highest BCUT2D eigenvalue weighted by atomic mass is 16.5. The number of methoxy groups -OCH3 is 2. The number of para-hydroxylation sites is 2. The fourth-order valence-corrected chi connectivity index (χ4v) is 8.52. The zero-order chi connectivity index (χ0) is 43.2. The Kier molecular flexibility index (Phi) is 10.6. The van der Waals surface area contributed by atoms with Crippen molar-refractivity contribution in [2.24, 2.45) is 10.8 Å². The number of hydrogen-bond donors (Lipinski definition) is 5. The summed E-state index contributed by atoms with van der Waals surface area (Å²) in [6.45, 7) is 3.62. The number of hydrogen-bond acceptors (Lipinski definition) is 12. The van der Waals surface area contributed by atoms with E-state index in [0.29, 0.717) is 69.7 Å². The monoisotopic (exact) mass is 838 g/mol. The predicted octanol–water partition coefficient (Wildman–Crippen LogP) is 4.11. The number of nitrogens with one attached hydrogen (secondary N) is 4. The minimum absolute atomic E-state index is 0.0402. The average molecular weight is 839 g/mol. The third-order valence-corrected chi connectivity index (χ3v) is 11.8. The van der Waals surface area contributed by atoms with Gasteiger partial charge in [0.05, 0.1) is 54.8 Å². The summed E-state index contributed by atoms with van der Waals surface area (Å²) < 4.78 is 24.7. The summed E-state index contributed by atoms with van der Waals surface area (Å²) in [5.74, 6) is 5.49. The van der Waals surface area contributed by atoms with Crippen molar-refractivity contribution in [1.82, 2.24) is 16.1 Å². The normalized spacial score (nSPS) is 20.0. The molecule has 4 heterocycles. The molecule has 9 rings (SSSR count). The average Bonchev–Trinajstić information content (AvgIpc) is 3.92. The first kappa shape index (κ1) is 40.2. The van der Waals surface area contributed by atoms with Crippen molar-refractivity contribution < 1.29 is 38.1 Å². The molecule has 16 heteroatoms. The largest absolute Gasteiger partial charge is 0.493 e. The molecule has 1 unspecified atom stereocenters. The molecule has 4 amide bonds. The molecule has 16 nitrogen and oxygen atoms in total. The Labute approximate surface area is 357 Å². The number of rotatable bonds is 12. The van der Waals surface area contributed by atoms with Crippen molar-refractivity contribution in [3.05, 3.63) is 118 Å². The van der Waals surface area contributed by atoms with Crippen LogP contribution in [0.3, 0.4) is 0 Å². The summed E-state index contributed by atoms with van der Waals surface area (Å²) >= 11 is 0. The highest BCUT2D eigenvalue weighted by Crippen LogP contribution is 2.43. The number of carbonyl (C=O) groups excluding carboxylic acids is 4. The lowest BCUT2D eigenvalue weighted by Gasteiger charge is -2.23. The van der Waals surface area contributed by atoms with Crippen LogP contribution < -0.4 is 56.0 Å². The number of benzene rings is 4. The molecule has 4 aromatic carbocycles. The molecule has 0 aromatic heterocycles. The van der Waals surface area contributed by atoms with E-state index in [-0.39, 0.29) is 30.5 Å². The SMILES string of the molecule is COc1cc2c(cc1OCC1=CC(NC(=O)[C@H](C)NC(=O)[C@@H](C)NN)=CC1Oc1cc3c(cc1OC)C(=O)N1c4ccccc4C[C@H]1CN3)N=C[C@@H]1Cc3ccccc3N1C2=O. The third kappa shape index (κ3) is 7.26. The molecule has 1 aliphatic carbocycles. The summed E-state index contributed by atoms with van der Waals surface area (Å²) in [6, 6.07) is 20.6. The summed E-state index contributed by atoms with van der Waals surface area (Å²) in [4.78, 5) is 62.3. The molecule has 0 bridgehead atoms. The first-order valence-corrected chi connectivity index (χ1v) is 20.4. The number of carbonyl (C=O) groups is 4. The molecule has 0 fully saturated rings. The maximum absolute atomic E-state index is 14.1. The number of nitrogens with zero attached hydrogens (tertiary/aromatic N) is 3. The molecule has 4 aliphatic heterocycles. The van der Waals surface area contributed by atoms with Gasteiger partial charge in [0.25, 0.3) is 11.8 Å². The molecule has 5 atom stereocenters. The van der Waals surface area contributed by atoms with Crippen molar-refractivity contribution in [3.63, 3.8) is 0 Å². The topological polar surface area (TPSA) is 198 Å². The maximum Gasteiger partial charge on any atom is 0.261 e.